The van der Waals surface area contributed by atoms with E-state index in [2.05, 4.69) is 9.72 Å². The smallest absolute Gasteiger partial charge is 0.356 e. The van der Waals surface area contributed by atoms with Gasteiger partial charge in [-0.25, -0.2) is 9.78 Å². The molecular formula is C12H10N2O5. The summed E-state index contributed by atoms with van der Waals surface area (Å²) in [5.41, 5.74) is -0.144. The molecular weight excluding hydrogens is 252 g/mol. The minimum atomic E-state index is -0.682. The standard InChI is InChI=1S/C12H10N2O5/c1-18-10-6-8(12(15)19-2)13-11-7(10)4-3-5-9(11)14(16)17/h3-6H,1-2H3. The number of rotatable bonds is 3. The Morgan fingerprint density at radius 2 is 2.11 bits per heavy atom. The number of para-hydroxylation sites is 1. The van der Waals surface area contributed by atoms with Crippen LogP contribution in [0, 0.1) is 10.1 Å². The number of nitrogens with zero attached hydrogens (tertiary/aromatic N) is 2. The Labute approximate surface area is 107 Å². The number of benzene rings is 1. The van der Waals surface area contributed by atoms with Gasteiger partial charge in [-0.1, -0.05) is 6.07 Å². The first-order chi connectivity index (χ1) is 9.08. The maximum atomic E-state index is 11.5. The van der Waals surface area contributed by atoms with Gasteiger partial charge in [0.25, 0.3) is 5.69 Å². The fraction of sp³-hybridized carbons (Fsp3) is 0.167. The maximum Gasteiger partial charge on any atom is 0.356 e. The van der Waals surface area contributed by atoms with Gasteiger partial charge in [-0.3, -0.25) is 10.1 Å². The van der Waals surface area contributed by atoms with Crippen molar-refractivity contribution in [2.45, 2.75) is 0 Å². The Hall–Kier alpha value is -2.70. The largest absolute Gasteiger partial charge is 0.496 e. The summed E-state index contributed by atoms with van der Waals surface area (Å²) < 4.78 is 9.69. The van der Waals surface area contributed by atoms with Crippen molar-refractivity contribution in [1.82, 2.24) is 4.98 Å². The third kappa shape index (κ3) is 2.17. The summed E-state index contributed by atoms with van der Waals surface area (Å²) in [7, 11) is 2.62. The molecule has 0 saturated carbocycles. The molecule has 2 aromatic rings. The van der Waals surface area contributed by atoms with E-state index in [1.807, 2.05) is 0 Å². The van der Waals surface area contributed by atoms with E-state index in [0.717, 1.165) is 0 Å². The molecule has 0 N–H and O–H groups in total. The normalized spacial score (nSPS) is 10.2. The van der Waals surface area contributed by atoms with Crippen LogP contribution in [0.1, 0.15) is 10.5 Å². The number of nitro groups is 1. The first kappa shape index (κ1) is 12.7. The fourth-order valence-electron chi connectivity index (χ4n) is 1.73. The quantitative estimate of drug-likeness (QED) is 0.477. The second-order valence-electron chi connectivity index (χ2n) is 3.63. The summed E-state index contributed by atoms with van der Waals surface area (Å²) in [6.45, 7) is 0. The Morgan fingerprint density at radius 1 is 1.37 bits per heavy atom. The van der Waals surface area contributed by atoms with Crippen LogP contribution in [-0.2, 0) is 4.74 Å². The molecule has 0 aliphatic heterocycles. The van der Waals surface area contributed by atoms with Gasteiger partial charge in [0.05, 0.1) is 19.1 Å². The number of carbonyl (C=O) groups excluding carboxylic acids is 1. The molecule has 1 aromatic carbocycles. The molecule has 0 unspecified atom stereocenters. The van der Waals surface area contributed by atoms with Crippen LogP contribution in [0.3, 0.4) is 0 Å². The molecule has 0 aliphatic rings. The molecule has 0 spiro atoms. The Kier molecular flexibility index (Phi) is 3.28. The molecule has 0 saturated heterocycles. The van der Waals surface area contributed by atoms with E-state index in [0.29, 0.717) is 11.1 Å². The maximum absolute atomic E-state index is 11.5. The Balaban J connectivity index is 2.82. The molecule has 1 heterocycles. The minimum absolute atomic E-state index is 0.0406. The Bertz CT molecular complexity index is 668. The van der Waals surface area contributed by atoms with Gasteiger partial charge in [-0.15, -0.1) is 0 Å². The number of methoxy groups -OCH3 is 2. The van der Waals surface area contributed by atoms with Gasteiger partial charge in [0.2, 0.25) is 0 Å². The lowest BCUT2D eigenvalue weighted by Crippen LogP contribution is -2.06. The van der Waals surface area contributed by atoms with Gasteiger partial charge >= 0.3 is 5.97 Å². The van der Waals surface area contributed by atoms with E-state index in [1.165, 1.54) is 32.4 Å². The summed E-state index contributed by atoms with van der Waals surface area (Å²) in [5, 5.41) is 11.4. The highest BCUT2D eigenvalue weighted by Crippen LogP contribution is 2.31. The van der Waals surface area contributed by atoms with E-state index in [9.17, 15) is 14.9 Å². The number of fused-ring (bicyclic) bond motifs is 1. The summed E-state index contributed by atoms with van der Waals surface area (Å²) in [6.07, 6.45) is 0. The molecule has 0 atom stereocenters. The highest BCUT2D eigenvalue weighted by Gasteiger charge is 2.19. The van der Waals surface area contributed by atoms with Crippen molar-refractivity contribution in [3.63, 3.8) is 0 Å². The first-order valence-electron chi connectivity index (χ1n) is 5.29. The number of hydrogen-bond acceptors (Lipinski definition) is 6. The number of ether oxygens (including phenoxy) is 2. The van der Waals surface area contributed by atoms with Crippen LogP contribution < -0.4 is 4.74 Å². The zero-order chi connectivity index (χ0) is 14.0. The third-order valence-corrected chi connectivity index (χ3v) is 2.59. The van der Waals surface area contributed by atoms with Gasteiger partial charge in [-0.05, 0) is 6.07 Å². The van der Waals surface area contributed by atoms with Crippen molar-refractivity contribution in [1.29, 1.82) is 0 Å². The minimum Gasteiger partial charge on any atom is -0.496 e. The monoisotopic (exact) mass is 262 g/mol. The lowest BCUT2D eigenvalue weighted by atomic mass is 10.1. The highest BCUT2D eigenvalue weighted by atomic mass is 16.6. The SMILES string of the molecule is COC(=O)c1cc(OC)c2cccc([N+](=O)[O-])c2n1. The molecule has 7 nitrogen and oxygen atoms in total. The summed E-state index contributed by atoms with van der Waals surface area (Å²) >= 11 is 0. The van der Waals surface area contributed by atoms with Gasteiger partial charge in [0.1, 0.15) is 5.75 Å². The van der Waals surface area contributed by atoms with Gasteiger partial charge in [-0.2, -0.15) is 0 Å². The second-order valence-corrected chi connectivity index (χ2v) is 3.63. The number of esters is 1. The van der Waals surface area contributed by atoms with Crippen LogP contribution in [0.15, 0.2) is 24.3 Å². The molecule has 2 rings (SSSR count). The van der Waals surface area contributed by atoms with Crippen molar-refractivity contribution < 1.29 is 19.2 Å². The van der Waals surface area contributed by atoms with E-state index in [4.69, 9.17) is 4.74 Å². The molecule has 1 aromatic heterocycles. The number of aromatic nitrogens is 1. The molecule has 0 amide bonds. The van der Waals surface area contributed by atoms with Gasteiger partial charge < -0.3 is 9.47 Å². The van der Waals surface area contributed by atoms with Gasteiger partial charge in [0, 0.05) is 17.5 Å². The zero-order valence-corrected chi connectivity index (χ0v) is 10.2. The predicted octanol–water partition coefficient (Wildman–Crippen LogP) is 1.94. The van der Waals surface area contributed by atoms with Crippen molar-refractivity contribution in [2.75, 3.05) is 14.2 Å². The van der Waals surface area contributed by atoms with Crippen LogP contribution >= 0.6 is 0 Å². The lowest BCUT2D eigenvalue weighted by Gasteiger charge is -2.07. The molecule has 0 aliphatic carbocycles. The van der Waals surface area contributed by atoms with E-state index < -0.39 is 10.9 Å². The summed E-state index contributed by atoms with van der Waals surface area (Å²) in [5.74, 6) is -0.354. The molecule has 98 valence electrons. The van der Waals surface area contributed by atoms with Crippen LogP contribution in [0.25, 0.3) is 10.9 Å². The fourth-order valence-corrected chi connectivity index (χ4v) is 1.73. The van der Waals surface area contributed by atoms with Crippen LogP contribution in [0.4, 0.5) is 5.69 Å². The summed E-state index contributed by atoms with van der Waals surface area (Å²) in [6, 6.07) is 5.87. The number of carbonyl (C=O) groups is 1. The number of nitro benzene ring substituents is 1. The van der Waals surface area contributed by atoms with Crippen molar-refractivity contribution in [3.8, 4) is 5.75 Å². The topological polar surface area (TPSA) is 91.6 Å². The molecule has 0 bridgehead atoms. The van der Waals surface area contributed by atoms with Crippen LogP contribution in [0.2, 0.25) is 0 Å². The van der Waals surface area contributed by atoms with Crippen molar-refractivity contribution in [3.05, 3.63) is 40.1 Å². The highest BCUT2D eigenvalue weighted by molar-refractivity contribution is 5.97. The number of non-ortho nitro benzene ring substituents is 1. The Morgan fingerprint density at radius 3 is 2.68 bits per heavy atom. The average molecular weight is 262 g/mol. The first-order valence-corrected chi connectivity index (χ1v) is 5.29. The second kappa shape index (κ2) is 4.89. The lowest BCUT2D eigenvalue weighted by molar-refractivity contribution is -0.383. The van der Waals surface area contributed by atoms with Crippen molar-refractivity contribution >= 4 is 22.6 Å². The molecule has 0 radical (unpaired) electrons. The van der Waals surface area contributed by atoms with E-state index in [1.54, 1.807) is 6.07 Å². The molecule has 19 heavy (non-hydrogen) atoms. The van der Waals surface area contributed by atoms with Crippen LogP contribution in [0.5, 0.6) is 5.75 Å². The predicted molar refractivity (Wildman–Crippen MR) is 66.3 cm³/mol. The van der Waals surface area contributed by atoms with E-state index in [-0.39, 0.29) is 16.9 Å². The third-order valence-electron chi connectivity index (χ3n) is 2.59. The van der Waals surface area contributed by atoms with Gasteiger partial charge in [0.15, 0.2) is 11.2 Å². The summed E-state index contributed by atoms with van der Waals surface area (Å²) in [4.78, 5) is 25.9. The van der Waals surface area contributed by atoms with Crippen LogP contribution in [-0.4, -0.2) is 30.1 Å². The van der Waals surface area contributed by atoms with E-state index >= 15 is 0 Å². The number of pyridine rings is 1. The zero-order valence-electron chi connectivity index (χ0n) is 10.2. The average Bonchev–Trinajstić information content (AvgIpc) is 2.44. The van der Waals surface area contributed by atoms with Crippen molar-refractivity contribution in [2.24, 2.45) is 0 Å². The molecule has 7 heteroatoms. The molecule has 0 fully saturated rings. The number of hydrogen-bond donors (Lipinski definition) is 0.